The van der Waals surface area contributed by atoms with Gasteiger partial charge < -0.3 is 25.6 Å². The lowest BCUT2D eigenvalue weighted by Gasteiger charge is -2.06. The highest BCUT2D eigenvalue weighted by atomic mass is 16.2. The summed E-state index contributed by atoms with van der Waals surface area (Å²) in [6.45, 7) is 0.689. The first-order valence-electron chi connectivity index (χ1n) is 21.4. The third-order valence-corrected chi connectivity index (χ3v) is 10.6. The molecular weight excluding hydrogens is 845 g/mol. The van der Waals surface area contributed by atoms with E-state index in [1.54, 1.807) is 48.7 Å². The van der Waals surface area contributed by atoms with Gasteiger partial charge in [0.05, 0.1) is 39.4 Å². The second-order valence-corrected chi connectivity index (χ2v) is 15.2. The average molecular weight is 891 g/mol. The zero-order chi connectivity index (χ0) is 46.9. The number of carbonyl (C=O) groups excluding carboxylic acids is 2. The number of aromatic nitrogens is 6. The lowest BCUT2D eigenvalue weighted by Crippen LogP contribution is -2.25. The van der Waals surface area contributed by atoms with Crippen molar-refractivity contribution < 1.29 is 9.59 Å². The molecule has 0 radical (unpaired) electrons. The van der Waals surface area contributed by atoms with E-state index in [-0.39, 0.29) is 34.0 Å². The van der Waals surface area contributed by atoms with Crippen LogP contribution in [-0.4, -0.2) is 41.7 Å². The van der Waals surface area contributed by atoms with Crippen LogP contribution >= 0.6 is 0 Å². The van der Waals surface area contributed by atoms with Crippen molar-refractivity contribution in [1.29, 1.82) is 0 Å². The molecule has 2 amide bonds. The van der Waals surface area contributed by atoms with Crippen LogP contribution in [0.4, 0.5) is 0 Å². The SMILES string of the molecule is C1=Cc2cccnc2C1.O=C1NC2(CC2)c2ccccc21.O=C1NCc2ccccc21.O=c1[nH]c(=O)c2ccccc2[nH]1.O=c1[nH]cnc2ccccc12.O=c1cccc[nH]1.c1ccccc1. The van der Waals surface area contributed by atoms with Crippen LogP contribution in [0, 0.1) is 0 Å². The van der Waals surface area contributed by atoms with Gasteiger partial charge >= 0.3 is 5.69 Å². The molecule has 2 aliphatic carbocycles. The maximum atomic E-state index is 11.4. The van der Waals surface area contributed by atoms with E-state index in [0.29, 0.717) is 22.8 Å². The molecule has 13 rings (SSSR count). The number of pyridine rings is 2. The third-order valence-electron chi connectivity index (χ3n) is 10.6. The molecule has 0 atom stereocenters. The van der Waals surface area contributed by atoms with Crippen LogP contribution in [0.3, 0.4) is 0 Å². The third kappa shape index (κ3) is 12.6. The van der Waals surface area contributed by atoms with Crippen LogP contribution in [0.15, 0.2) is 208 Å². The van der Waals surface area contributed by atoms with E-state index in [0.717, 1.165) is 41.5 Å². The van der Waals surface area contributed by atoms with E-state index in [4.69, 9.17) is 0 Å². The van der Waals surface area contributed by atoms with Gasteiger partial charge in [0.2, 0.25) is 5.56 Å². The van der Waals surface area contributed by atoms with E-state index in [1.165, 1.54) is 29.2 Å². The van der Waals surface area contributed by atoms with Crippen molar-refractivity contribution >= 4 is 39.7 Å². The van der Waals surface area contributed by atoms with Gasteiger partial charge in [0, 0.05) is 42.6 Å². The molecule has 6 heterocycles. The molecule has 0 saturated heterocycles. The number of nitrogens with zero attached hydrogens (tertiary/aromatic N) is 2. The molecule has 4 aromatic heterocycles. The van der Waals surface area contributed by atoms with Gasteiger partial charge in [0.25, 0.3) is 22.9 Å². The fourth-order valence-corrected chi connectivity index (χ4v) is 7.10. The Morgan fingerprint density at radius 2 is 1.21 bits per heavy atom. The van der Waals surface area contributed by atoms with Crippen LogP contribution in [0.5, 0.6) is 0 Å². The molecule has 6 N–H and O–H groups in total. The van der Waals surface area contributed by atoms with Gasteiger partial charge in [-0.2, -0.15) is 0 Å². The molecule has 2 aliphatic heterocycles. The Balaban J connectivity index is 0.000000117. The molecule has 1 saturated carbocycles. The van der Waals surface area contributed by atoms with Gasteiger partial charge in [-0.1, -0.05) is 121 Å². The lowest BCUT2D eigenvalue weighted by molar-refractivity contribution is 0.0948. The topological polar surface area (TPSA) is 215 Å². The van der Waals surface area contributed by atoms with E-state index in [1.807, 2.05) is 109 Å². The van der Waals surface area contributed by atoms with Gasteiger partial charge in [0.15, 0.2) is 0 Å². The number of rotatable bonds is 0. The number of allylic oxidation sites excluding steroid dienone is 1. The van der Waals surface area contributed by atoms with E-state index < -0.39 is 5.69 Å². The molecule has 14 nitrogen and oxygen atoms in total. The number of para-hydroxylation sites is 2. The summed E-state index contributed by atoms with van der Waals surface area (Å²) in [6, 6.07) is 50.6. The van der Waals surface area contributed by atoms with Gasteiger partial charge in [-0.25, -0.2) is 9.78 Å². The largest absolute Gasteiger partial charge is 0.348 e. The molecule has 334 valence electrons. The number of fused-ring (bicyclic) bond motifs is 6. The summed E-state index contributed by atoms with van der Waals surface area (Å²) in [5.74, 6) is 0.152. The molecule has 1 fully saturated rings. The molecule has 5 aromatic carbocycles. The normalized spacial score (nSPS) is 13.1. The van der Waals surface area contributed by atoms with E-state index >= 15 is 0 Å². The van der Waals surface area contributed by atoms with Crippen molar-refractivity contribution in [3.63, 3.8) is 0 Å². The van der Waals surface area contributed by atoms with Gasteiger partial charge in [-0.3, -0.25) is 33.9 Å². The van der Waals surface area contributed by atoms with E-state index in [2.05, 4.69) is 64.8 Å². The lowest BCUT2D eigenvalue weighted by atomic mass is 10.0. The molecule has 0 bridgehead atoms. The number of nitrogens with one attached hydrogen (secondary N) is 6. The second-order valence-electron chi connectivity index (χ2n) is 15.2. The quantitative estimate of drug-likeness (QED) is 0.0913. The first kappa shape index (κ1) is 46.0. The summed E-state index contributed by atoms with van der Waals surface area (Å²) in [4.78, 5) is 83.4. The molecule has 67 heavy (non-hydrogen) atoms. The highest BCUT2D eigenvalue weighted by molar-refractivity contribution is 6.00. The van der Waals surface area contributed by atoms with Crippen LogP contribution < -0.4 is 33.0 Å². The molecule has 14 heteroatoms. The number of carbonyl (C=O) groups is 2. The highest BCUT2D eigenvalue weighted by Crippen LogP contribution is 2.50. The van der Waals surface area contributed by atoms with Gasteiger partial charge in [-0.15, -0.1) is 0 Å². The average Bonchev–Trinajstić information content (AvgIpc) is 3.66. The molecular formula is C53H46N8O6. The minimum atomic E-state index is -0.473. The fourth-order valence-electron chi connectivity index (χ4n) is 7.10. The Labute approximate surface area is 383 Å². The number of benzene rings is 5. The Hall–Kier alpha value is -9.04. The van der Waals surface area contributed by atoms with Crippen molar-refractivity contribution in [3.05, 3.63) is 264 Å². The predicted octanol–water partition coefficient (Wildman–Crippen LogP) is 7.20. The highest BCUT2D eigenvalue weighted by Gasteiger charge is 2.51. The summed E-state index contributed by atoms with van der Waals surface area (Å²) in [7, 11) is 0. The monoisotopic (exact) mass is 890 g/mol. The Kier molecular flexibility index (Phi) is 15.5. The van der Waals surface area contributed by atoms with Crippen LogP contribution in [0.1, 0.15) is 55.9 Å². The number of H-pyrrole nitrogens is 4. The van der Waals surface area contributed by atoms with E-state index in [9.17, 15) is 28.8 Å². The first-order chi connectivity index (χ1) is 32.7. The summed E-state index contributed by atoms with van der Waals surface area (Å²) in [5.41, 5.74) is 6.86. The number of hydrogen-bond donors (Lipinski definition) is 6. The number of amides is 2. The minimum Gasteiger partial charge on any atom is -0.348 e. The van der Waals surface area contributed by atoms with Crippen molar-refractivity contribution in [2.75, 3.05) is 0 Å². The molecule has 9 aromatic rings. The summed E-state index contributed by atoms with van der Waals surface area (Å²) in [5, 5.41) is 6.91. The smallest absolute Gasteiger partial charge is 0.326 e. The van der Waals surface area contributed by atoms with Gasteiger partial charge in [0.1, 0.15) is 0 Å². The van der Waals surface area contributed by atoms with Crippen molar-refractivity contribution in [2.24, 2.45) is 0 Å². The maximum Gasteiger partial charge on any atom is 0.326 e. The Morgan fingerprint density at radius 3 is 1.88 bits per heavy atom. The summed E-state index contributed by atoms with van der Waals surface area (Å²) < 4.78 is 0. The van der Waals surface area contributed by atoms with Crippen molar-refractivity contribution in [3.8, 4) is 0 Å². The molecule has 1 spiro atoms. The fraction of sp³-hybridized carbons (Fsp3) is 0.0943. The van der Waals surface area contributed by atoms with Crippen molar-refractivity contribution in [1.82, 2.24) is 40.5 Å². The second kappa shape index (κ2) is 22.5. The summed E-state index contributed by atoms with van der Waals surface area (Å²) in [6.07, 6.45) is 12.3. The van der Waals surface area contributed by atoms with Gasteiger partial charge in [-0.05, 0) is 78.1 Å². The Morgan fingerprint density at radius 1 is 0.537 bits per heavy atom. The standard InChI is InChI=1S/C10H9NO.C8H6N2O2.C8H6N2O.C8H7NO.C8H7N.C6H6.C5H5NO/c12-9-7-3-1-2-4-8(7)10(11-9)5-6-10;11-7-5-3-1-2-4-6(5)9-8(12)10-7;11-8-6-3-1-2-4-7(6)9-5-10-8;10-8-7-4-2-1-3-6(7)5-9-8;1-3-7-4-2-6-9-8(7)5-1;1-2-4-6-5-3-1;7-5-3-1-2-4-6-5/h1-4H,5-6H2,(H,11,12);1-4H,(H2,9,10,11,12);1-5H,(H,9,10,11);1-4H,5H2,(H,9,10);1-4,6H,5H2;1-6H;1-4H,(H,6,7). The van der Waals surface area contributed by atoms with Crippen LogP contribution in [0.2, 0.25) is 0 Å². The van der Waals surface area contributed by atoms with Crippen LogP contribution in [0.25, 0.3) is 27.9 Å². The van der Waals surface area contributed by atoms with Crippen LogP contribution in [-0.2, 0) is 18.5 Å². The molecule has 4 aliphatic rings. The summed E-state index contributed by atoms with van der Waals surface area (Å²) >= 11 is 0. The predicted molar refractivity (Wildman–Crippen MR) is 260 cm³/mol. The number of hydrogen-bond acceptors (Lipinski definition) is 8. The Bertz CT molecular complexity index is 3320. The zero-order valence-electron chi connectivity index (χ0n) is 36.1. The maximum absolute atomic E-state index is 11.4. The van der Waals surface area contributed by atoms with Crippen molar-refractivity contribution in [2.45, 2.75) is 31.3 Å². The zero-order valence-corrected chi connectivity index (χ0v) is 36.1. The number of aromatic amines is 4. The molecule has 0 unspecified atom stereocenters. The minimum absolute atomic E-state index is 0.0493. The first-order valence-corrected chi connectivity index (χ1v) is 21.4.